The van der Waals surface area contributed by atoms with E-state index in [0.717, 1.165) is 25.7 Å². The Morgan fingerprint density at radius 2 is 1.82 bits per heavy atom. The smallest absolute Gasteiger partial charge is 0.214 e. The molecule has 0 amide bonds. The van der Waals surface area contributed by atoms with Crippen LogP contribution in [0.15, 0.2) is 0 Å². The van der Waals surface area contributed by atoms with Crippen molar-refractivity contribution in [2.75, 3.05) is 18.9 Å². The number of nitrogens with zero attached hydrogens (tertiary/aromatic N) is 1. The van der Waals surface area contributed by atoms with Crippen molar-refractivity contribution in [2.45, 2.75) is 57.9 Å². The Morgan fingerprint density at radius 3 is 2.35 bits per heavy atom. The summed E-state index contributed by atoms with van der Waals surface area (Å²) in [5, 5.41) is 8.70. The molecule has 0 heterocycles. The summed E-state index contributed by atoms with van der Waals surface area (Å²) < 4.78 is 26.0. The Labute approximate surface area is 105 Å². The molecule has 0 radical (unpaired) electrons. The molecule has 0 saturated heterocycles. The third-order valence-electron chi connectivity index (χ3n) is 3.46. The summed E-state index contributed by atoms with van der Waals surface area (Å²) in [7, 11) is -3.12. The number of aliphatic hydroxyl groups excluding tert-OH is 1. The molecule has 0 spiro atoms. The minimum absolute atomic E-state index is 0.0745. The molecule has 1 aliphatic rings. The van der Waals surface area contributed by atoms with Crippen molar-refractivity contribution in [3.8, 4) is 0 Å². The fourth-order valence-corrected chi connectivity index (χ4v) is 4.43. The summed E-state index contributed by atoms with van der Waals surface area (Å²) >= 11 is 0. The third kappa shape index (κ3) is 4.56. The van der Waals surface area contributed by atoms with Gasteiger partial charge in [0.05, 0.1) is 5.75 Å². The molecule has 1 aliphatic carbocycles. The molecule has 0 aromatic rings. The fraction of sp³-hybridized carbons (Fsp3) is 1.00. The van der Waals surface area contributed by atoms with Crippen molar-refractivity contribution in [3.05, 3.63) is 0 Å². The molecular formula is C12H25NO3S. The lowest BCUT2D eigenvalue weighted by atomic mass is 9.95. The van der Waals surface area contributed by atoms with Gasteiger partial charge in [-0.1, -0.05) is 26.2 Å². The predicted octanol–water partition coefficient (Wildman–Crippen LogP) is 1.74. The van der Waals surface area contributed by atoms with Crippen LogP contribution < -0.4 is 0 Å². The molecule has 0 bridgehead atoms. The van der Waals surface area contributed by atoms with Crippen molar-refractivity contribution in [2.24, 2.45) is 0 Å². The zero-order valence-electron chi connectivity index (χ0n) is 10.8. The first kappa shape index (κ1) is 14.9. The number of hydrogen-bond donors (Lipinski definition) is 1. The Hall–Kier alpha value is -0.130. The van der Waals surface area contributed by atoms with Gasteiger partial charge in [-0.25, -0.2) is 8.42 Å². The zero-order chi connectivity index (χ0) is 12.7. The van der Waals surface area contributed by atoms with Crippen LogP contribution in [0.3, 0.4) is 0 Å². The van der Waals surface area contributed by atoms with E-state index in [-0.39, 0.29) is 18.4 Å². The van der Waals surface area contributed by atoms with Crippen molar-refractivity contribution in [1.29, 1.82) is 0 Å². The van der Waals surface area contributed by atoms with Crippen LogP contribution in [0.2, 0.25) is 0 Å². The van der Waals surface area contributed by atoms with Crippen LogP contribution in [0, 0.1) is 0 Å². The molecule has 0 atom stereocenters. The molecule has 102 valence electrons. The van der Waals surface area contributed by atoms with Crippen LogP contribution >= 0.6 is 0 Å². The van der Waals surface area contributed by atoms with Gasteiger partial charge in [0.1, 0.15) is 0 Å². The van der Waals surface area contributed by atoms with E-state index in [1.807, 2.05) is 6.92 Å². The molecule has 0 aromatic heterocycles. The van der Waals surface area contributed by atoms with Gasteiger partial charge < -0.3 is 5.11 Å². The maximum absolute atomic E-state index is 12.2. The van der Waals surface area contributed by atoms with E-state index < -0.39 is 10.0 Å². The highest BCUT2D eigenvalue weighted by atomic mass is 32.2. The average molecular weight is 263 g/mol. The summed E-state index contributed by atoms with van der Waals surface area (Å²) in [6.45, 7) is 2.56. The SMILES string of the molecule is CCN(C1CCCCC1)S(=O)(=O)CCCCO. The molecular weight excluding hydrogens is 238 g/mol. The first-order chi connectivity index (χ1) is 8.11. The van der Waals surface area contributed by atoms with Crippen molar-refractivity contribution in [3.63, 3.8) is 0 Å². The predicted molar refractivity (Wildman–Crippen MR) is 69.4 cm³/mol. The zero-order valence-corrected chi connectivity index (χ0v) is 11.6. The van der Waals surface area contributed by atoms with E-state index in [4.69, 9.17) is 5.11 Å². The molecule has 4 nitrogen and oxygen atoms in total. The molecule has 1 N–H and O–H groups in total. The molecule has 17 heavy (non-hydrogen) atoms. The van der Waals surface area contributed by atoms with Gasteiger partial charge >= 0.3 is 0 Å². The normalized spacial score (nSPS) is 18.8. The second kappa shape index (κ2) is 7.34. The minimum atomic E-state index is -3.12. The number of sulfonamides is 1. The molecule has 5 heteroatoms. The van der Waals surface area contributed by atoms with Gasteiger partial charge in [-0.15, -0.1) is 0 Å². The Bertz CT molecular complexity index is 297. The van der Waals surface area contributed by atoms with Crippen LogP contribution in [0.1, 0.15) is 51.9 Å². The summed E-state index contributed by atoms with van der Waals surface area (Å²) in [6, 6.07) is 0.216. The summed E-state index contributed by atoms with van der Waals surface area (Å²) in [5.41, 5.74) is 0. The standard InChI is InChI=1S/C12H25NO3S/c1-2-13(12-8-4-3-5-9-12)17(15,16)11-7-6-10-14/h12,14H,2-11H2,1H3. The van der Waals surface area contributed by atoms with Crippen LogP contribution in [0.4, 0.5) is 0 Å². The maximum atomic E-state index is 12.2. The number of unbranched alkanes of at least 4 members (excludes halogenated alkanes) is 1. The lowest BCUT2D eigenvalue weighted by Gasteiger charge is -2.32. The van der Waals surface area contributed by atoms with Gasteiger partial charge in [-0.3, -0.25) is 0 Å². The van der Waals surface area contributed by atoms with Gasteiger partial charge in [-0.05, 0) is 25.7 Å². The first-order valence-corrected chi connectivity index (χ1v) is 8.33. The summed E-state index contributed by atoms with van der Waals surface area (Å²) in [5.74, 6) is 0.178. The Morgan fingerprint density at radius 1 is 1.18 bits per heavy atom. The minimum Gasteiger partial charge on any atom is -0.396 e. The fourth-order valence-electron chi connectivity index (χ4n) is 2.56. The third-order valence-corrected chi connectivity index (χ3v) is 5.54. The molecule has 0 unspecified atom stereocenters. The average Bonchev–Trinajstić information content (AvgIpc) is 2.31. The highest BCUT2D eigenvalue weighted by molar-refractivity contribution is 7.89. The van der Waals surface area contributed by atoms with E-state index in [1.54, 1.807) is 4.31 Å². The van der Waals surface area contributed by atoms with Gasteiger partial charge in [0.2, 0.25) is 10.0 Å². The number of hydrogen-bond acceptors (Lipinski definition) is 3. The molecule has 1 fully saturated rings. The monoisotopic (exact) mass is 263 g/mol. The first-order valence-electron chi connectivity index (χ1n) is 6.72. The molecule has 1 rings (SSSR count). The summed E-state index contributed by atoms with van der Waals surface area (Å²) in [6.07, 6.45) is 6.67. The van der Waals surface area contributed by atoms with Crippen LogP contribution in [0.5, 0.6) is 0 Å². The highest BCUT2D eigenvalue weighted by Gasteiger charge is 2.28. The van der Waals surface area contributed by atoms with Gasteiger partial charge in [0, 0.05) is 19.2 Å². The second-order valence-corrected chi connectivity index (χ2v) is 6.78. The van der Waals surface area contributed by atoms with Crippen LogP contribution in [-0.2, 0) is 10.0 Å². The lowest BCUT2D eigenvalue weighted by Crippen LogP contribution is -2.42. The van der Waals surface area contributed by atoms with Crippen molar-refractivity contribution >= 4 is 10.0 Å². The Balaban J connectivity index is 2.57. The van der Waals surface area contributed by atoms with E-state index in [1.165, 1.54) is 6.42 Å². The highest BCUT2D eigenvalue weighted by Crippen LogP contribution is 2.24. The molecule has 0 aromatic carbocycles. The Kier molecular flexibility index (Phi) is 6.44. The van der Waals surface area contributed by atoms with Gasteiger partial charge in [-0.2, -0.15) is 4.31 Å². The lowest BCUT2D eigenvalue weighted by molar-refractivity contribution is 0.260. The van der Waals surface area contributed by atoms with E-state index in [2.05, 4.69) is 0 Å². The number of aliphatic hydroxyl groups is 1. The topological polar surface area (TPSA) is 57.6 Å². The van der Waals surface area contributed by atoms with Gasteiger partial charge in [0.15, 0.2) is 0 Å². The summed E-state index contributed by atoms with van der Waals surface area (Å²) in [4.78, 5) is 0. The molecule has 0 aliphatic heterocycles. The van der Waals surface area contributed by atoms with E-state index >= 15 is 0 Å². The maximum Gasteiger partial charge on any atom is 0.214 e. The van der Waals surface area contributed by atoms with Crippen LogP contribution in [0.25, 0.3) is 0 Å². The van der Waals surface area contributed by atoms with Gasteiger partial charge in [0.25, 0.3) is 0 Å². The van der Waals surface area contributed by atoms with E-state index in [0.29, 0.717) is 19.4 Å². The molecule has 1 saturated carbocycles. The number of rotatable bonds is 7. The van der Waals surface area contributed by atoms with E-state index in [9.17, 15) is 8.42 Å². The quantitative estimate of drug-likeness (QED) is 0.712. The van der Waals surface area contributed by atoms with Crippen molar-refractivity contribution in [1.82, 2.24) is 4.31 Å². The largest absolute Gasteiger partial charge is 0.396 e. The second-order valence-electron chi connectivity index (χ2n) is 4.74. The van der Waals surface area contributed by atoms with Crippen molar-refractivity contribution < 1.29 is 13.5 Å². The van der Waals surface area contributed by atoms with Crippen LogP contribution in [-0.4, -0.2) is 42.8 Å².